The third-order valence-electron chi connectivity index (χ3n) is 2.04. The Morgan fingerprint density at radius 3 is 2.62 bits per heavy atom. The van der Waals surface area contributed by atoms with Crippen molar-refractivity contribution in [3.8, 4) is 17.1 Å². The van der Waals surface area contributed by atoms with E-state index in [2.05, 4.69) is 0 Å². The quantitative estimate of drug-likeness (QED) is 0.791. The van der Waals surface area contributed by atoms with Gasteiger partial charge >= 0.3 is 0 Å². The Kier molecular flexibility index (Phi) is 3.19. The third-order valence-corrected chi connectivity index (χ3v) is 2.04. The second-order valence-corrected chi connectivity index (χ2v) is 3.18. The number of rotatable bonds is 4. The van der Waals surface area contributed by atoms with Gasteiger partial charge in [-0.3, -0.25) is 0 Å². The topological polar surface area (TPSA) is 22.4 Å². The number of alkyl halides is 2. The Hall–Kier alpha value is -1.84. The minimum Gasteiger partial charge on any atom is -0.487 e. The van der Waals surface area contributed by atoms with Gasteiger partial charge in [0.2, 0.25) is 0 Å². The van der Waals surface area contributed by atoms with Crippen molar-refractivity contribution in [2.45, 2.75) is 6.43 Å². The average molecular weight is 224 g/mol. The van der Waals surface area contributed by atoms with Gasteiger partial charge < -0.3 is 9.15 Å². The minimum atomic E-state index is -2.48. The van der Waals surface area contributed by atoms with E-state index in [9.17, 15) is 8.78 Å². The van der Waals surface area contributed by atoms with Crippen LogP contribution in [0, 0.1) is 0 Å². The highest BCUT2D eigenvalue weighted by Crippen LogP contribution is 2.30. The lowest BCUT2D eigenvalue weighted by molar-refractivity contribution is 0.0821. The summed E-state index contributed by atoms with van der Waals surface area (Å²) >= 11 is 0. The van der Waals surface area contributed by atoms with Gasteiger partial charge in [-0.2, -0.15) is 0 Å². The molecule has 0 fully saturated rings. The Labute approximate surface area is 91.5 Å². The van der Waals surface area contributed by atoms with Crippen molar-refractivity contribution in [3.05, 3.63) is 42.7 Å². The van der Waals surface area contributed by atoms with Crippen molar-refractivity contribution in [1.29, 1.82) is 0 Å². The normalized spacial score (nSPS) is 10.7. The lowest BCUT2D eigenvalue weighted by Crippen LogP contribution is -2.07. The summed E-state index contributed by atoms with van der Waals surface area (Å²) in [6.07, 6.45) is -0.955. The molecule has 0 aliphatic carbocycles. The molecule has 1 heterocycles. The third kappa shape index (κ3) is 2.39. The Morgan fingerprint density at radius 2 is 1.94 bits per heavy atom. The lowest BCUT2D eigenvalue weighted by Gasteiger charge is -2.08. The first-order valence-electron chi connectivity index (χ1n) is 4.81. The van der Waals surface area contributed by atoms with E-state index in [1.54, 1.807) is 36.4 Å². The molecule has 0 bridgehead atoms. The maximum absolute atomic E-state index is 12.0. The van der Waals surface area contributed by atoms with E-state index in [4.69, 9.17) is 9.15 Å². The molecule has 2 rings (SSSR count). The van der Waals surface area contributed by atoms with Gasteiger partial charge in [0, 0.05) is 0 Å². The van der Waals surface area contributed by atoms with E-state index in [1.807, 2.05) is 0 Å². The van der Waals surface area contributed by atoms with Gasteiger partial charge in [-0.1, -0.05) is 12.1 Å². The number of ether oxygens (including phenoxy) is 1. The van der Waals surface area contributed by atoms with Crippen LogP contribution in [0.2, 0.25) is 0 Å². The number of para-hydroxylation sites is 1. The van der Waals surface area contributed by atoms with Crippen molar-refractivity contribution in [3.63, 3.8) is 0 Å². The molecule has 0 aliphatic rings. The predicted molar refractivity (Wildman–Crippen MR) is 55.6 cm³/mol. The molecule has 1 aromatic heterocycles. The summed E-state index contributed by atoms with van der Waals surface area (Å²) in [5.41, 5.74) is 0.674. The van der Waals surface area contributed by atoms with E-state index >= 15 is 0 Å². The summed E-state index contributed by atoms with van der Waals surface area (Å²) in [6, 6.07) is 10.4. The minimum absolute atomic E-state index is 0.401. The van der Waals surface area contributed by atoms with Gasteiger partial charge in [0.25, 0.3) is 6.43 Å². The highest BCUT2D eigenvalue weighted by molar-refractivity contribution is 5.65. The van der Waals surface area contributed by atoms with Crippen LogP contribution in [0.1, 0.15) is 0 Å². The first-order chi connectivity index (χ1) is 7.77. The fraction of sp³-hybridized carbons (Fsp3) is 0.167. The molecule has 4 heteroatoms. The fourth-order valence-electron chi connectivity index (χ4n) is 1.38. The van der Waals surface area contributed by atoms with Crippen LogP contribution in [-0.4, -0.2) is 13.0 Å². The monoisotopic (exact) mass is 224 g/mol. The zero-order valence-electron chi connectivity index (χ0n) is 8.40. The van der Waals surface area contributed by atoms with Crippen LogP contribution >= 0.6 is 0 Å². The molecule has 2 aromatic rings. The van der Waals surface area contributed by atoms with Gasteiger partial charge in [0.05, 0.1) is 11.8 Å². The Balaban J connectivity index is 2.24. The maximum atomic E-state index is 12.0. The number of hydrogen-bond acceptors (Lipinski definition) is 2. The summed E-state index contributed by atoms with van der Waals surface area (Å²) in [6.45, 7) is -0.613. The Morgan fingerprint density at radius 1 is 1.12 bits per heavy atom. The molecule has 0 radical (unpaired) electrons. The lowest BCUT2D eigenvalue weighted by atomic mass is 10.1. The van der Waals surface area contributed by atoms with Crippen LogP contribution in [0.25, 0.3) is 11.3 Å². The first kappa shape index (κ1) is 10.7. The summed E-state index contributed by atoms with van der Waals surface area (Å²) in [5, 5.41) is 0. The SMILES string of the molecule is FC(F)COc1ccccc1-c1ccco1. The molecular formula is C12H10F2O2. The van der Waals surface area contributed by atoms with Gasteiger partial charge in [0.15, 0.2) is 0 Å². The molecular weight excluding hydrogens is 214 g/mol. The van der Waals surface area contributed by atoms with Crippen molar-refractivity contribution in [2.75, 3.05) is 6.61 Å². The summed E-state index contributed by atoms with van der Waals surface area (Å²) in [7, 11) is 0. The van der Waals surface area contributed by atoms with Crippen LogP contribution in [0.15, 0.2) is 47.1 Å². The first-order valence-corrected chi connectivity index (χ1v) is 4.81. The van der Waals surface area contributed by atoms with E-state index in [0.717, 1.165) is 0 Å². The van der Waals surface area contributed by atoms with E-state index in [1.165, 1.54) is 6.26 Å². The molecule has 0 amide bonds. The number of hydrogen-bond donors (Lipinski definition) is 0. The molecule has 2 nitrogen and oxygen atoms in total. The maximum Gasteiger partial charge on any atom is 0.272 e. The highest BCUT2D eigenvalue weighted by atomic mass is 19.3. The van der Waals surface area contributed by atoms with Crippen molar-refractivity contribution in [2.24, 2.45) is 0 Å². The largest absolute Gasteiger partial charge is 0.487 e. The smallest absolute Gasteiger partial charge is 0.272 e. The summed E-state index contributed by atoms with van der Waals surface area (Å²) < 4.78 is 34.3. The van der Waals surface area contributed by atoms with Crippen molar-refractivity contribution >= 4 is 0 Å². The average Bonchev–Trinajstić information content (AvgIpc) is 2.80. The fourth-order valence-corrected chi connectivity index (χ4v) is 1.38. The van der Waals surface area contributed by atoms with Crippen molar-refractivity contribution in [1.82, 2.24) is 0 Å². The van der Waals surface area contributed by atoms with Crippen LogP contribution in [0.5, 0.6) is 5.75 Å². The molecule has 0 saturated carbocycles. The van der Waals surface area contributed by atoms with E-state index in [-0.39, 0.29) is 0 Å². The summed E-state index contributed by atoms with van der Waals surface area (Å²) in [5.74, 6) is 1.00. The second kappa shape index (κ2) is 4.79. The zero-order valence-corrected chi connectivity index (χ0v) is 8.40. The molecule has 0 spiro atoms. The molecule has 0 aliphatic heterocycles. The highest BCUT2D eigenvalue weighted by Gasteiger charge is 2.10. The van der Waals surface area contributed by atoms with Crippen molar-refractivity contribution < 1.29 is 17.9 Å². The second-order valence-electron chi connectivity index (χ2n) is 3.18. The molecule has 1 aromatic carbocycles. The van der Waals surface area contributed by atoms with Gasteiger partial charge in [-0.15, -0.1) is 0 Å². The zero-order chi connectivity index (χ0) is 11.4. The van der Waals surface area contributed by atoms with E-state index < -0.39 is 13.0 Å². The number of halogens is 2. The van der Waals surface area contributed by atoms with Gasteiger partial charge in [-0.05, 0) is 24.3 Å². The molecule has 0 unspecified atom stereocenters. The Bertz CT molecular complexity index is 438. The molecule has 16 heavy (non-hydrogen) atoms. The standard InChI is InChI=1S/C12H10F2O2/c13-12(14)8-16-11-5-2-1-4-9(11)10-6-3-7-15-10/h1-7,12H,8H2. The van der Waals surface area contributed by atoms with Crippen LogP contribution in [0.3, 0.4) is 0 Å². The molecule has 0 atom stereocenters. The van der Waals surface area contributed by atoms with Crippen LogP contribution in [-0.2, 0) is 0 Å². The van der Waals surface area contributed by atoms with Gasteiger partial charge in [-0.25, -0.2) is 8.78 Å². The molecule has 84 valence electrons. The summed E-state index contributed by atoms with van der Waals surface area (Å²) in [4.78, 5) is 0. The van der Waals surface area contributed by atoms with E-state index in [0.29, 0.717) is 17.1 Å². The number of furan rings is 1. The number of benzene rings is 1. The van der Waals surface area contributed by atoms with Gasteiger partial charge in [0.1, 0.15) is 18.1 Å². The molecule has 0 N–H and O–H groups in total. The van der Waals surface area contributed by atoms with Crippen LogP contribution in [0.4, 0.5) is 8.78 Å². The molecule has 0 saturated heterocycles. The predicted octanol–water partition coefficient (Wildman–Crippen LogP) is 3.59. The van der Waals surface area contributed by atoms with Crippen LogP contribution < -0.4 is 4.74 Å².